The third kappa shape index (κ3) is 3.69. The fourth-order valence-corrected chi connectivity index (χ4v) is 8.46. The molecular weight excluding hydrogens is 420 g/mol. The summed E-state index contributed by atoms with van der Waals surface area (Å²) in [6.07, 6.45) is 8.43. The summed E-state index contributed by atoms with van der Waals surface area (Å²) in [6, 6.07) is 5.93. The Bertz CT molecular complexity index is 973. The average molecular weight is 456 g/mol. The van der Waals surface area contributed by atoms with E-state index in [9.17, 15) is 9.18 Å². The number of benzene rings is 1. The smallest absolute Gasteiger partial charge is 0.173 e. The van der Waals surface area contributed by atoms with E-state index >= 15 is 4.39 Å². The van der Waals surface area contributed by atoms with Gasteiger partial charge in [0.1, 0.15) is 12.3 Å². The van der Waals surface area contributed by atoms with E-state index in [1.165, 1.54) is 12.1 Å². The van der Waals surface area contributed by atoms with Gasteiger partial charge in [-0.15, -0.1) is 0 Å². The molecule has 4 saturated carbocycles. The van der Waals surface area contributed by atoms with Gasteiger partial charge >= 0.3 is 0 Å². The molecule has 0 N–H and O–H groups in total. The Labute approximate surface area is 195 Å². The van der Waals surface area contributed by atoms with Crippen LogP contribution in [0.2, 0.25) is 0 Å². The van der Waals surface area contributed by atoms with Crippen LogP contribution in [0.1, 0.15) is 77.2 Å². The molecule has 178 valence electrons. The lowest BCUT2D eigenvalue weighted by Gasteiger charge is -2.58. The van der Waals surface area contributed by atoms with Gasteiger partial charge in [-0.1, -0.05) is 13.8 Å². The monoisotopic (exact) mass is 455 g/mol. The van der Waals surface area contributed by atoms with Crippen LogP contribution >= 0.6 is 0 Å². The fraction of sp³-hybridized carbons (Fsp3) is 0.714. The SMILES string of the molecule is C[C@H]1CC[C@@]2(F)[C@H](CC[C@H]3[C@@H]4CC[C@H](C(=O)COc5ccc(C#N)cc5F)[C@@]4(C)CC[C@@H]32)C1. The number of hydrogen-bond acceptors (Lipinski definition) is 3. The molecule has 5 rings (SSSR count). The van der Waals surface area contributed by atoms with E-state index < -0.39 is 11.5 Å². The third-order valence-electron chi connectivity index (χ3n) is 10.1. The third-order valence-corrected chi connectivity index (χ3v) is 10.1. The van der Waals surface area contributed by atoms with Crippen LogP contribution in [0.4, 0.5) is 8.78 Å². The summed E-state index contributed by atoms with van der Waals surface area (Å²) >= 11 is 0. The molecule has 0 amide bonds. The molecule has 0 heterocycles. The van der Waals surface area contributed by atoms with E-state index in [1.54, 1.807) is 0 Å². The zero-order valence-corrected chi connectivity index (χ0v) is 19.8. The molecule has 1 aromatic rings. The zero-order valence-electron chi connectivity index (χ0n) is 19.8. The second-order valence-electron chi connectivity index (χ2n) is 11.6. The van der Waals surface area contributed by atoms with Crippen LogP contribution in [0.25, 0.3) is 0 Å². The Hall–Kier alpha value is -1.96. The fourth-order valence-electron chi connectivity index (χ4n) is 8.46. The van der Waals surface area contributed by atoms with Gasteiger partial charge in [0.2, 0.25) is 0 Å². The van der Waals surface area contributed by atoms with Crippen LogP contribution in [-0.4, -0.2) is 18.1 Å². The summed E-state index contributed by atoms with van der Waals surface area (Å²) < 4.78 is 36.1. The topological polar surface area (TPSA) is 50.1 Å². The second-order valence-corrected chi connectivity index (χ2v) is 11.6. The Morgan fingerprint density at radius 3 is 2.73 bits per heavy atom. The molecule has 33 heavy (non-hydrogen) atoms. The van der Waals surface area contributed by atoms with Crippen molar-refractivity contribution >= 4 is 5.78 Å². The number of ether oxygens (including phenoxy) is 1. The quantitative estimate of drug-likeness (QED) is 0.511. The highest BCUT2D eigenvalue weighted by Crippen LogP contribution is 2.66. The number of fused-ring (bicyclic) bond motifs is 5. The summed E-state index contributed by atoms with van der Waals surface area (Å²) in [5, 5.41) is 8.89. The van der Waals surface area contributed by atoms with Crippen molar-refractivity contribution in [1.29, 1.82) is 5.26 Å². The number of nitrogens with zero attached hydrogens (tertiary/aromatic N) is 1. The Kier molecular flexibility index (Phi) is 5.78. The summed E-state index contributed by atoms with van der Waals surface area (Å²) in [5.74, 6) is 1.10. The van der Waals surface area contributed by atoms with E-state index in [0.29, 0.717) is 17.8 Å². The van der Waals surface area contributed by atoms with Crippen LogP contribution in [0, 0.1) is 58.1 Å². The first-order chi connectivity index (χ1) is 15.8. The summed E-state index contributed by atoms with van der Waals surface area (Å²) in [7, 11) is 0. The molecule has 4 fully saturated rings. The molecule has 3 nitrogen and oxygen atoms in total. The second kappa shape index (κ2) is 8.36. The van der Waals surface area contributed by atoms with Crippen molar-refractivity contribution in [2.75, 3.05) is 6.61 Å². The Balaban J connectivity index is 1.28. The standard InChI is InChI=1S/C28H35F2NO2/c1-17-9-12-28(30)19(13-17)4-5-20-21-6-7-23(27(21,2)11-10-22(20)28)25(32)16-33-26-8-3-18(15-31)14-24(26)29/h3,8,14,17,19-23H,4-7,9-13,16H2,1-2H3/t17-,19+,20-,21-,22-,23+,27-,28+/m0/s1. The first-order valence-corrected chi connectivity index (χ1v) is 12.8. The van der Waals surface area contributed by atoms with Gasteiger partial charge in [-0.3, -0.25) is 4.79 Å². The lowest BCUT2D eigenvalue weighted by molar-refractivity contribution is -0.146. The highest BCUT2D eigenvalue weighted by molar-refractivity contribution is 5.83. The van der Waals surface area contributed by atoms with Crippen LogP contribution in [0.3, 0.4) is 0 Å². The van der Waals surface area contributed by atoms with Crippen molar-refractivity contribution in [3.63, 3.8) is 0 Å². The van der Waals surface area contributed by atoms with Gasteiger partial charge in [-0.2, -0.15) is 5.26 Å². The van der Waals surface area contributed by atoms with E-state index in [-0.39, 0.29) is 46.9 Å². The van der Waals surface area contributed by atoms with Crippen molar-refractivity contribution in [2.24, 2.45) is 40.9 Å². The molecule has 0 aromatic heterocycles. The van der Waals surface area contributed by atoms with Gasteiger partial charge in [-0.25, -0.2) is 8.78 Å². The van der Waals surface area contributed by atoms with Gasteiger partial charge in [0.25, 0.3) is 0 Å². The van der Waals surface area contributed by atoms with E-state index in [4.69, 9.17) is 10.00 Å². The van der Waals surface area contributed by atoms with Gasteiger partial charge in [0.15, 0.2) is 17.3 Å². The van der Waals surface area contributed by atoms with Crippen molar-refractivity contribution in [1.82, 2.24) is 0 Å². The van der Waals surface area contributed by atoms with Crippen LogP contribution in [-0.2, 0) is 4.79 Å². The molecule has 0 saturated heterocycles. The average Bonchev–Trinajstić information content (AvgIpc) is 3.15. The number of hydrogen-bond donors (Lipinski definition) is 0. The minimum Gasteiger partial charge on any atom is -0.483 e. The maximum atomic E-state index is 16.4. The van der Waals surface area contributed by atoms with Crippen molar-refractivity contribution in [2.45, 2.75) is 77.3 Å². The number of carbonyl (C=O) groups excluding carboxylic acids is 1. The predicted molar refractivity (Wildman–Crippen MR) is 122 cm³/mol. The minimum absolute atomic E-state index is 0.00924. The molecule has 8 atom stereocenters. The van der Waals surface area contributed by atoms with Crippen LogP contribution in [0.15, 0.2) is 18.2 Å². The predicted octanol–water partition coefficient (Wildman–Crippen LogP) is 6.64. The molecule has 1 aromatic carbocycles. The maximum Gasteiger partial charge on any atom is 0.173 e. The number of carbonyl (C=O) groups is 1. The maximum absolute atomic E-state index is 16.4. The lowest BCUT2D eigenvalue weighted by atomic mass is 9.48. The molecule has 5 heteroatoms. The normalized spacial score (nSPS) is 41.9. The zero-order chi connectivity index (χ0) is 23.4. The molecule has 4 aliphatic rings. The minimum atomic E-state index is -1.00. The lowest BCUT2D eigenvalue weighted by Crippen LogP contribution is -2.56. The molecule has 4 aliphatic carbocycles. The molecule has 0 unspecified atom stereocenters. The summed E-state index contributed by atoms with van der Waals surface area (Å²) in [6.45, 7) is 4.35. The molecule has 0 bridgehead atoms. The Morgan fingerprint density at radius 1 is 1.15 bits per heavy atom. The van der Waals surface area contributed by atoms with Crippen LogP contribution in [0.5, 0.6) is 5.75 Å². The van der Waals surface area contributed by atoms with E-state index in [1.807, 2.05) is 6.07 Å². The molecule has 0 spiro atoms. The van der Waals surface area contributed by atoms with Crippen molar-refractivity contribution in [3.8, 4) is 11.8 Å². The first-order valence-electron chi connectivity index (χ1n) is 12.8. The highest BCUT2D eigenvalue weighted by Gasteiger charge is 2.62. The largest absolute Gasteiger partial charge is 0.483 e. The molecule has 0 radical (unpaired) electrons. The van der Waals surface area contributed by atoms with Gasteiger partial charge in [0.05, 0.1) is 11.6 Å². The summed E-state index contributed by atoms with van der Waals surface area (Å²) in [5.41, 5.74) is -0.896. The highest BCUT2D eigenvalue weighted by atomic mass is 19.1. The van der Waals surface area contributed by atoms with Gasteiger partial charge in [-0.05, 0) is 111 Å². The van der Waals surface area contributed by atoms with E-state index in [0.717, 1.165) is 63.9 Å². The number of halogens is 2. The first kappa shape index (κ1) is 22.8. The van der Waals surface area contributed by atoms with Gasteiger partial charge < -0.3 is 4.74 Å². The molecular formula is C28H35F2NO2. The number of nitriles is 1. The van der Waals surface area contributed by atoms with E-state index in [2.05, 4.69) is 13.8 Å². The van der Waals surface area contributed by atoms with Gasteiger partial charge in [0, 0.05) is 5.92 Å². The van der Waals surface area contributed by atoms with Crippen LogP contribution < -0.4 is 4.74 Å². The number of rotatable bonds is 4. The van der Waals surface area contributed by atoms with Crippen molar-refractivity contribution < 1.29 is 18.3 Å². The van der Waals surface area contributed by atoms with Crippen molar-refractivity contribution in [3.05, 3.63) is 29.6 Å². The number of ketones is 1. The number of Topliss-reactive ketones (excluding diaryl/α,β-unsaturated/α-hetero) is 1. The number of alkyl halides is 1. The molecule has 0 aliphatic heterocycles. The summed E-state index contributed by atoms with van der Waals surface area (Å²) in [4.78, 5) is 13.2. The Morgan fingerprint density at radius 2 is 1.97 bits per heavy atom.